The second-order valence-corrected chi connectivity index (χ2v) is 12.4. The maximum absolute atomic E-state index is 14.3. The van der Waals surface area contributed by atoms with Crippen LogP contribution < -0.4 is 8.85 Å². The minimum absolute atomic E-state index is 0.162. The maximum Gasteiger partial charge on any atom is 0.512 e. The fraction of sp³-hybridized carbons (Fsp3) is 0.235. The molecule has 0 spiro atoms. The predicted molar refractivity (Wildman–Crippen MR) is 110 cm³/mol. The Hall–Kier alpha value is -2.91. The van der Waals surface area contributed by atoms with E-state index in [2.05, 4.69) is 0 Å². The monoisotopic (exact) mass is 622 g/mol. The maximum atomic E-state index is 14.3. The van der Waals surface area contributed by atoms with Gasteiger partial charge in [0, 0.05) is 5.56 Å². The molecule has 0 aromatic heterocycles. The lowest BCUT2D eigenvalue weighted by Crippen LogP contribution is -2.65. The first-order valence-corrected chi connectivity index (χ1v) is 13.6. The van der Waals surface area contributed by atoms with E-state index in [-0.39, 0.29) is 11.1 Å². The third kappa shape index (κ3) is 5.31. The Morgan fingerprint density at radius 2 is 1.05 bits per heavy atom. The van der Waals surface area contributed by atoms with Crippen LogP contribution in [-0.4, -0.2) is 53.1 Å². The van der Waals surface area contributed by atoms with E-state index in [0.717, 1.165) is 18.2 Å². The summed E-state index contributed by atoms with van der Waals surface area (Å²) in [5.74, 6) is -9.73. The Morgan fingerprint density at radius 3 is 1.55 bits per heavy atom. The number of halogens is 9. The van der Waals surface area contributed by atoms with Crippen LogP contribution in [-0.2, 0) is 30.1 Å². The zero-order valence-corrected chi connectivity index (χ0v) is 20.1. The van der Waals surface area contributed by atoms with Crippen molar-refractivity contribution >= 4 is 36.0 Å². The number of hydrogen-bond acceptors (Lipinski definition) is 7. The second-order valence-electron chi connectivity index (χ2n) is 6.99. The standard InChI is InChI=1S/C17H11F9N2O7S3/c18-14(19,16(22,23)37(32,33)28-38(34,35)17(24,25)26)15(20,21)36(30,31)27-13(29)12-9-5-4-8-11(12)10-6-2-1-3-7-10/h1-9,28H,(H,27,29). The van der Waals surface area contributed by atoms with Gasteiger partial charge in [-0.25, -0.2) is 21.6 Å². The van der Waals surface area contributed by atoms with Gasteiger partial charge in [-0.05, 0) is 17.2 Å². The van der Waals surface area contributed by atoms with Crippen molar-refractivity contribution in [2.75, 3.05) is 0 Å². The van der Waals surface area contributed by atoms with Crippen LogP contribution in [0.2, 0.25) is 0 Å². The molecule has 0 bridgehead atoms. The van der Waals surface area contributed by atoms with Crippen LogP contribution in [0.3, 0.4) is 0 Å². The van der Waals surface area contributed by atoms with Crippen LogP contribution in [0.5, 0.6) is 0 Å². The van der Waals surface area contributed by atoms with Gasteiger partial charge in [-0.1, -0.05) is 52.7 Å². The van der Waals surface area contributed by atoms with Crippen molar-refractivity contribution in [2.45, 2.75) is 21.9 Å². The Balaban J connectivity index is 2.51. The number of benzene rings is 2. The van der Waals surface area contributed by atoms with Crippen LogP contribution in [0.1, 0.15) is 10.4 Å². The number of amides is 1. The van der Waals surface area contributed by atoms with Crippen LogP contribution in [0.4, 0.5) is 39.5 Å². The Labute approximate surface area is 207 Å². The van der Waals surface area contributed by atoms with Gasteiger partial charge >= 0.3 is 42.0 Å². The molecule has 2 N–H and O–H groups in total. The second kappa shape index (κ2) is 9.68. The van der Waals surface area contributed by atoms with Crippen molar-refractivity contribution in [3.05, 3.63) is 60.2 Å². The van der Waals surface area contributed by atoms with Crippen LogP contribution >= 0.6 is 0 Å². The van der Waals surface area contributed by atoms with E-state index in [1.54, 1.807) is 0 Å². The molecule has 1 amide bonds. The minimum atomic E-state index is -7.92. The van der Waals surface area contributed by atoms with E-state index in [1.165, 1.54) is 36.4 Å². The minimum Gasteiger partial charge on any atom is -0.268 e. The largest absolute Gasteiger partial charge is 0.512 e. The zero-order chi connectivity index (χ0) is 29.6. The molecular formula is C17H11F9N2O7S3. The van der Waals surface area contributed by atoms with Gasteiger partial charge in [0.05, 0.1) is 0 Å². The van der Waals surface area contributed by atoms with Gasteiger partial charge in [0.2, 0.25) is 0 Å². The summed E-state index contributed by atoms with van der Waals surface area (Å²) in [6, 6.07) is 11.3. The van der Waals surface area contributed by atoms with Gasteiger partial charge in [-0.15, -0.1) is 0 Å². The topological polar surface area (TPSA) is 144 Å². The highest BCUT2D eigenvalue weighted by atomic mass is 32.3. The molecule has 2 aromatic rings. The first kappa shape index (κ1) is 31.3. The fourth-order valence-electron chi connectivity index (χ4n) is 2.54. The molecule has 21 heteroatoms. The molecule has 0 saturated heterocycles. The van der Waals surface area contributed by atoms with Gasteiger partial charge < -0.3 is 0 Å². The van der Waals surface area contributed by atoms with E-state index >= 15 is 0 Å². The molecular weight excluding hydrogens is 611 g/mol. The number of sulfonamides is 3. The molecule has 212 valence electrons. The summed E-state index contributed by atoms with van der Waals surface area (Å²) in [5, 5.41) is -14.8. The molecule has 0 radical (unpaired) electrons. The summed E-state index contributed by atoms with van der Waals surface area (Å²) in [4.78, 5) is 12.4. The average molecular weight is 622 g/mol. The normalized spacial score (nSPS) is 14.2. The van der Waals surface area contributed by atoms with Crippen LogP contribution in [0.15, 0.2) is 54.6 Å². The van der Waals surface area contributed by atoms with E-state index < -0.39 is 67.6 Å². The van der Waals surface area contributed by atoms with E-state index in [0.29, 0.717) is 4.72 Å². The number of rotatable bonds is 9. The lowest BCUT2D eigenvalue weighted by molar-refractivity contribution is -0.244. The summed E-state index contributed by atoms with van der Waals surface area (Å²) in [6.45, 7) is 0. The summed E-state index contributed by atoms with van der Waals surface area (Å²) < 4.78 is 189. The molecule has 0 saturated carbocycles. The van der Waals surface area contributed by atoms with Crippen molar-refractivity contribution < 1.29 is 69.6 Å². The lowest BCUT2D eigenvalue weighted by atomic mass is 9.99. The summed E-state index contributed by atoms with van der Waals surface area (Å²) in [7, 11) is -22.6. The molecule has 2 aromatic carbocycles. The van der Waals surface area contributed by atoms with E-state index in [4.69, 9.17) is 0 Å². The molecule has 0 unspecified atom stereocenters. The molecule has 2 rings (SSSR count). The molecule has 0 aliphatic heterocycles. The number of alkyl halides is 9. The number of carbonyl (C=O) groups is 1. The average Bonchev–Trinajstić information content (AvgIpc) is 2.77. The smallest absolute Gasteiger partial charge is 0.268 e. The van der Waals surface area contributed by atoms with E-state index in [1.807, 2.05) is 0 Å². The van der Waals surface area contributed by atoms with Crippen molar-refractivity contribution in [3.8, 4) is 11.1 Å². The first-order chi connectivity index (χ1) is 16.9. The molecule has 0 aliphatic carbocycles. The molecule has 0 fully saturated rings. The molecule has 0 atom stereocenters. The van der Waals surface area contributed by atoms with Crippen molar-refractivity contribution in [1.82, 2.24) is 8.85 Å². The molecule has 0 heterocycles. The molecule has 9 nitrogen and oxygen atoms in total. The summed E-state index contributed by atoms with van der Waals surface area (Å²) in [6.07, 6.45) is 0. The van der Waals surface area contributed by atoms with Gasteiger partial charge in [0.15, 0.2) is 0 Å². The SMILES string of the molecule is O=C(NS(=O)(=O)C(F)(F)C(F)(F)C(F)(F)S(=O)(=O)NS(=O)(=O)C(F)(F)F)c1ccccc1-c1ccccc1. The van der Waals surface area contributed by atoms with E-state index in [9.17, 15) is 69.6 Å². The van der Waals surface area contributed by atoms with Crippen molar-refractivity contribution in [2.24, 2.45) is 0 Å². The van der Waals surface area contributed by atoms with Gasteiger partial charge in [-0.2, -0.15) is 47.9 Å². The zero-order valence-electron chi connectivity index (χ0n) is 17.7. The number of nitrogens with one attached hydrogen (secondary N) is 2. The first-order valence-electron chi connectivity index (χ1n) is 9.12. The van der Waals surface area contributed by atoms with Crippen LogP contribution in [0.25, 0.3) is 11.1 Å². The van der Waals surface area contributed by atoms with Crippen LogP contribution in [0, 0.1) is 0 Å². The predicted octanol–water partition coefficient (Wildman–Crippen LogP) is 3.00. The summed E-state index contributed by atoms with van der Waals surface area (Å²) >= 11 is 0. The Bertz CT molecular complexity index is 1540. The number of carbonyl (C=O) groups excluding carboxylic acids is 1. The summed E-state index contributed by atoms with van der Waals surface area (Å²) in [5.41, 5.74) is -7.45. The van der Waals surface area contributed by atoms with Crippen molar-refractivity contribution in [3.63, 3.8) is 0 Å². The molecule has 0 aliphatic rings. The Morgan fingerprint density at radius 1 is 0.605 bits per heavy atom. The van der Waals surface area contributed by atoms with Crippen molar-refractivity contribution in [1.29, 1.82) is 0 Å². The lowest BCUT2D eigenvalue weighted by Gasteiger charge is -2.31. The third-order valence-corrected chi connectivity index (χ3v) is 9.10. The highest BCUT2D eigenvalue weighted by Crippen LogP contribution is 2.50. The third-order valence-electron chi connectivity index (χ3n) is 4.41. The highest BCUT2D eigenvalue weighted by molar-refractivity contribution is 8.05. The fourth-order valence-corrected chi connectivity index (χ4v) is 5.97. The van der Waals surface area contributed by atoms with Gasteiger partial charge in [0.1, 0.15) is 0 Å². The quantitative estimate of drug-likeness (QED) is 0.410. The number of hydrogen-bond donors (Lipinski definition) is 2. The van der Waals surface area contributed by atoms with Gasteiger partial charge in [0.25, 0.3) is 15.9 Å². The highest BCUT2D eigenvalue weighted by Gasteiger charge is 2.83. The van der Waals surface area contributed by atoms with Gasteiger partial charge in [-0.3, -0.25) is 4.79 Å². The Kier molecular flexibility index (Phi) is 7.98. The molecule has 38 heavy (non-hydrogen) atoms.